The Labute approximate surface area is 147 Å². The third kappa shape index (κ3) is 4.69. The molecule has 0 fully saturated rings. The molecule has 1 aromatic carbocycles. The number of alkyl halides is 3. The van der Waals surface area contributed by atoms with E-state index in [1.54, 1.807) is 0 Å². The van der Waals surface area contributed by atoms with E-state index in [9.17, 15) is 27.9 Å². The maximum absolute atomic E-state index is 12.7. The topological polar surface area (TPSA) is 95.1 Å². The Balaban J connectivity index is 2.34. The summed E-state index contributed by atoms with van der Waals surface area (Å²) in [6.45, 7) is 4.32. The molecule has 0 unspecified atom stereocenters. The van der Waals surface area contributed by atoms with Crippen LogP contribution < -0.4 is 10.9 Å². The molecule has 0 aliphatic heterocycles. The number of hydrogen-bond donors (Lipinski definition) is 3. The molecule has 1 heterocycles. The average Bonchev–Trinajstić information content (AvgIpc) is 2.49. The Hall–Kier alpha value is -2.68. The first-order valence-electron chi connectivity index (χ1n) is 7.66. The number of aromatic nitrogens is 2. The van der Waals surface area contributed by atoms with Crippen LogP contribution >= 0.6 is 0 Å². The zero-order chi connectivity index (χ0) is 19.7. The largest absolute Gasteiger partial charge is 0.416 e. The lowest BCUT2D eigenvalue weighted by molar-refractivity contribution is -0.137. The van der Waals surface area contributed by atoms with Crippen molar-refractivity contribution in [2.24, 2.45) is 0 Å². The highest BCUT2D eigenvalue weighted by atomic mass is 19.4. The van der Waals surface area contributed by atoms with Gasteiger partial charge in [0.15, 0.2) is 0 Å². The maximum atomic E-state index is 12.7. The molecule has 1 amide bonds. The second-order valence-electron chi connectivity index (χ2n) is 6.40. The van der Waals surface area contributed by atoms with E-state index in [1.165, 1.54) is 32.9 Å². The zero-order valence-corrected chi connectivity index (χ0v) is 14.3. The van der Waals surface area contributed by atoms with Crippen molar-refractivity contribution >= 4 is 5.91 Å². The fourth-order valence-corrected chi connectivity index (χ4v) is 2.43. The highest BCUT2D eigenvalue weighted by Gasteiger charge is 2.33. The van der Waals surface area contributed by atoms with Gasteiger partial charge < -0.3 is 15.4 Å². The Bertz CT molecular complexity index is 853. The van der Waals surface area contributed by atoms with Crippen molar-refractivity contribution in [1.82, 2.24) is 15.3 Å². The Morgan fingerprint density at radius 1 is 1.23 bits per heavy atom. The highest BCUT2D eigenvalue weighted by Crippen LogP contribution is 2.32. The van der Waals surface area contributed by atoms with Gasteiger partial charge in [0.2, 0.25) is 0 Å². The molecule has 0 saturated heterocycles. The van der Waals surface area contributed by atoms with Crippen molar-refractivity contribution in [3.63, 3.8) is 0 Å². The molecule has 1 atom stereocenters. The van der Waals surface area contributed by atoms with Crippen LogP contribution in [-0.2, 0) is 6.18 Å². The number of halogens is 3. The summed E-state index contributed by atoms with van der Waals surface area (Å²) in [7, 11) is 0. The van der Waals surface area contributed by atoms with Crippen LogP contribution in [0.1, 0.15) is 47.3 Å². The average molecular weight is 369 g/mol. The second-order valence-corrected chi connectivity index (χ2v) is 6.40. The highest BCUT2D eigenvalue weighted by molar-refractivity contribution is 5.92. The van der Waals surface area contributed by atoms with Crippen LogP contribution in [-0.4, -0.2) is 26.6 Å². The molecule has 6 nitrogen and oxygen atoms in total. The molecule has 3 N–H and O–H groups in total. The van der Waals surface area contributed by atoms with Gasteiger partial charge >= 0.3 is 6.18 Å². The summed E-state index contributed by atoms with van der Waals surface area (Å²) in [6, 6.07) is 4.09. The number of aliphatic hydroxyl groups is 1. The predicted octanol–water partition coefficient (Wildman–Crippen LogP) is 2.34. The number of H-pyrrole nitrogens is 1. The standard InChI is InChI=1S/C17H18F3N3O3/c1-9-21-12(8-13(24)22-9)15(25)23-14(16(2,3)26)10-4-6-11(7-5-10)17(18,19)20/h4-8,14,26H,1-3H3,(H,23,25)(H,21,22,24)/t14-/m0/s1. The summed E-state index contributed by atoms with van der Waals surface area (Å²) in [5.74, 6) is -0.497. The van der Waals surface area contributed by atoms with Gasteiger partial charge in [-0.2, -0.15) is 13.2 Å². The number of nitrogens with one attached hydrogen (secondary N) is 2. The summed E-state index contributed by atoms with van der Waals surface area (Å²) in [6.07, 6.45) is -4.49. The Morgan fingerprint density at radius 3 is 2.27 bits per heavy atom. The van der Waals surface area contributed by atoms with Gasteiger partial charge in [-0.05, 0) is 38.5 Å². The van der Waals surface area contributed by atoms with E-state index >= 15 is 0 Å². The monoisotopic (exact) mass is 369 g/mol. The van der Waals surface area contributed by atoms with Crippen molar-refractivity contribution in [3.8, 4) is 0 Å². The van der Waals surface area contributed by atoms with Gasteiger partial charge in [-0.15, -0.1) is 0 Å². The first-order chi connectivity index (χ1) is 11.9. The summed E-state index contributed by atoms with van der Waals surface area (Å²) in [5.41, 5.74) is -2.72. The molecule has 0 radical (unpaired) electrons. The number of amides is 1. The maximum Gasteiger partial charge on any atom is 0.416 e. The molecular weight excluding hydrogens is 351 g/mol. The Morgan fingerprint density at radius 2 is 1.81 bits per heavy atom. The van der Waals surface area contributed by atoms with Gasteiger partial charge in [0.05, 0.1) is 17.2 Å². The van der Waals surface area contributed by atoms with Crippen molar-refractivity contribution in [1.29, 1.82) is 0 Å². The van der Waals surface area contributed by atoms with E-state index < -0.39 is 34.8 Å². The predicted molar refractivity (Wildman–Crippen MR) is 87.5 cm³/mol. The van der Waals surface area contributed by atoms with Crippen LogP contribution in [0.25, 0.3) is 0 Å². The third-order valence-corrected chi connectivity index (χ3v) is 3.65. The molecule has 0 aliphatic carbocycles. The number of aryl methyl sites for hydroxylation is 1. The first kappa shape index (κ1) is 19.6. The van der Waals surface area contributed by atoms with Crippen molar-refractivity contribution in [2.45, 2.75) is 38.6 Å². The number of nitrogens with zero attached hydrogens (tertiary/aromatic N) is 1. The molecular formula is C17H18F3N3O3. The zero-order valence-electron chi connectivity index (χ0n) is 14.3. The first-order valence-corrected chi connectivity index (χ1v) is 7.66. The summed E-state index contributed by atoms with van der Waals surface area (Å²) < 4.78 is 38.1. The molecule has 140 valence electrons. The van der Waals surface area contributed by atoms with Crippen LogP contribution in [0.15, 0.2) is 35.1 Å². The number of carbonyl (C=O) groups is 1. The fraction of sp³-hybridized carbons (Fsp3) is 0.353. The Kier molecular flexibility index (Phi) is 5.22. The number of hydrogen-bond acceptors (Lipinski definition) is 4. The number of aromatic amines is 1. The minimum Gasteiger partial charge on any atom is -0.388 e. The molecule has 2 aromatic rings. The number of rotatable bonds is 4. The molecule has 0 bridgehead atoms. The normalized spacial score (nSPS) is 13.3. The van der Waals surface area contributed by atoms with Gasteiger partial charge in [0.1, 0.15) is 11.5 Å². The van der Waals surface area contributed by atoms with Gasteiger partial charge in [0, 0.05) is 6.07 Å². The minimum atomic E-state index is -4.49. The van der Waals surface area contributed by atoms with Crippen LogP contribution in [0.4, 0.5) is 13.2 Å². The van der Waals surface area contributed by atoms with Crippen molar-refractivity contribution in [2.75, 3.05) is 0 Å². The smallest absolute Gasteiger partial charge is 0.388 e. The summed E-state index contributed by atoms with van der Waals surface area (Å²) >= 11 is 0. The lowest BCUT2D eigenvalue weighted by atomic mass is 9.91. The fourth-order valence-electron chi connectivity index (χ4n) is 2.43. The van der Waals surface area contributed by atoms with E-state index in [-0.39, 0.29) is 17.1 Å². The van der Waals surface area contributed by atoms with Crippen molar-refractivity contribution < 1.29 is 23.1 Å². The van der Waals surface area contributed by atoms with Gasteiger partial charge in [-0.3, -0.25) is 9.59 Å². The van der Waals surface area contributed by atoms with E-state index in [1.807, 2.05) is 0 Å². The molecule has 1 aromatic heterocycles. The van der Waals surface area contributed by atoms with Crippen LogP contribution in [0.5, 0.6) is 0 Å². The van der Waals surface area contributed by atoms with E-state index in [0.29, 0.717) is 0 Å². The van der Waals surface area contributed by atoms with Crippen LogP contribution in [0.2, 0.25) is 0 Å². The SMILES string of the molecule is Cc1nc(C(=O)N[C@@H](c2ccc(C(F)(F)F)cc2)C(C)(C)O)cc(=O)[nH]1. The van der Waals surface area contributed by atoms with E-state index in [0.717, 1.165) is 18.2 Å². The van der Waals surface area contributed by atoms with E-state index in [4.69, 9.17) is 0 Å². The van der Waals surface area contributed by atoms with Gasteiger partial charge in [-0.25, -0.2) is 4.98 Å². The van der Waals surface area contributed by atoms with Crippen LogP contribution in [0.3, 0.4) is 0 Å². The summed E-state index contributed by atoms with van der Waals surface area (Å²) in [4.78, 5) is 30.2. The van der Waals surface area contributed by atoms with Crippen LogP contribution in [0, 0.1) is 6.92 Å². The van der Waals surface area contributed by atoms with Crippen molar-refractivity contribution in [3.05, 3.63) is 63.3 Å². The lowest BCUT2D eigenvalue weighted by Crippen LogP contribution is -2.42. The molecule has 9 heteroatoms. The van der Waals surface area contributed by atoms with E-state index in [2.05, 4.69) is 15.3 Å². The molecule has 2 rings (SSSR count). The summed E-state index contributed by atoms with van der Waals surface area (Å²) in [5, 5.41) is 12.9. The molecule has 0 saturated carbocycles. The minimum absolute atomic E-state index is 0.160. The molecule has 0 aliphatic rings. The lowest BCUT2D eigenvalue weighted by Gasteiger charge is -2.30. The quantitative estimate of drug-likeness (QED) is 0.771. The molecule has 26 heavy (non-hydrogen) atoms. The third-order valence-electron chi connectivity index (χ3n) is 3.65. The second kappa shape index (κ2) is 6.91. The molecule has 0 spiro atoms. The number of carbonyl (C=O) groups excluding carboxylic acids is 1. The number of benzene rings is 1. The van der Waals surface area contributed by atoms with Gasteiger partial charge in [-0.1, -0.05) is 12.1 Å². The van der Waals surface area contributed by atoms with Gasteiger partial charge in [0.25, 0.3) is 11.5 Å².